The Morgan fingerprint density at radius 2 is 2.16 bits per heavy atom. The van der Waals surface area contributed by atoms with Crippen LogP contribution in [0.2, 0.25) is 0 Å². The van der Waals surface area contributed by atoms with Crippen LogP contribution in [0.5, 0.6) is 0 Å². The van der Waals surface area contributed by atoms with Crippen molar-refractivity contribution in [2.24, 2.45) is 11.8 Å². The third-order valence-electron chi connectivity index (χ3n) is 3.45. The van der Waals surface area contributed by atoms with E-state index in [4.69, 9.17) is 0 Å². The van der Waals surface area contributed by atoms with Gasteiger partial charge in [-0.05, 0) is 17.9 Å². The molecule has 19 heavy (non-hydrogen) atoms. The molecule has 1 fully saturated rings. The quantitative estimate of drug-likeness (QED) is 0.927. The van der Waals surface area contributed by atoms with Gasteiger partial charge < -0.3 is 5.32 Å². The average Bonchev–Trinajstić information content (AvgIpc) is 2.99. The van der Waals surface area contributed by atoms with Crippen LogP contribution in [-0.2, 0) is 11.2 Å². The van der Waals surface area contributed by atoms with E-state index in [0.717, 1.165) is 18.0 Å². The monoisotopic (exact) mass is 272 g/mol. The summed E-state index contributed by atoms with van der Waals surface area (Å²) in [5.74, 6) is 0.846. The molecule has 0 radical (unpaired) electrons. The summed E-state index contributed by atoms with van der Waals surface area (Å²) in [6.45, 7) is 2.10. The first kappa shape index (κ1) is 12.4. The summed E-state index contributed by atoms with van der Waals surface area (Å²) < 4.78 is 0. The fourth-order valence-electron chi connectivity index (χ4n) is 2.13. The van der Waals surface area contributed by atoms with Crippen molar-refractivity contribution in [1.82, 2.24) is 4.98 Å². The number of carbonyl (C=O) groups excluding carboxylic acids is 1. The highest BCUT2D eigenvalue weighted by Crippen LogP contribution is 2.38. The number of amides is 1. The van der Waals surface area contributed by atoms with E-state index in [2.05, 4.69) is 29.4 Å². The van der Waals surface area contributed by atoms with Gasteiger partial charge in [0.05, 0.1) is 0 Å². The fraction of sp³-hybridized carbons (Fsp3) is 0.333. The van der Waals surface area contributed by atoms with Gasteiger partial charge in [-0.1, -0.05) is 37.3 Å². The molecule has 1 amide bonds. The van der Waals surface area contributed by atoms with Crippen molar-refractivity contribution in [2.45, 2.75) is 19.8 Å². The Hall–Kier alpha value is -1.68. The van der Waals surface area contributed by atoms with Gasteiger partial charge in [0.15, 0.2) is 5.13 Å². The minimum atomic E-state index is 0.119. The van der Waals surface area contributed by atoms with Gasteiger partial charge in [0.25, 0.3) is 0 Å². The third-order valence-corrected chi connectivity index (χ3v) is 4.36. The van der Waals surface area contributed by atoms with Crippen LogP contribution in [0.25, 0.3) is 0 Å². The topological polar surface area (TPSA) is 42.0 Å². The number of nitrogens with one attached hydrogen (secondary N) is 1. The molecule has 0 saturated heterocycles. The normalized spacial score (nSPS) is 21.1. The highest BCUT2D eigenvalue weighted by molar-refractivity contribution is 7.15. The molecule has 3 nitrogen and oxygen atoms in total. The molecule has 1 heterocycles. The number of hydrogen-bond donors (Lipinski definition) is 1. The van der Waals surface area contributed by atoms with E-state index < -0.39 is 0 Å². The minimum absolute atomic E-state index is 0.119. The summed E-state index contributed by atoms with van der Waals surface area (Å²) in [4.78, 5) is 17.3. The molecular formula is C15H16N2OS. The Balaban J connectivity index is 1.62. The lowest BCUT2D eigenvalue weighted by Gasteiger charge is -1.99. The summed E-state index contributed by atoms with van der Waals surface area (Å²) in [5, 5.41) is 3.63. The van der Waals surface area contributed by atoms with E-state index in [0.29, 0.717) is 5.92 Å². The Kier molecular flexibility index (Phi) is 3.34. The minimum Gasteiger partial charge on any atom is -0.302 e. The van der Waals surface area contributed by atoms with Crippen LogP contribution in [0.15, 0.2) is 36.5 Å². The highest BCUT2D eigenvalue weighted by Gasteiger charge is 2.39. The second-order valence-electron chi connectivity index (χ2n) is 5.10. The molecule has 2 atom stereocenters. The molecule has 0 spiro atoms. The first-order valence-corrected chi connectivity index (χ1v) is 7.33. The Morgan fingerprint density at radius 1 is 1.42 bits per heavy atom. The van der Waals surface area contributed by atoms with Crippen LogP contribution in [0.4, 0.5) is 5.13 Å². The molecule has 1 aromatic heterocycles. The molecule has 1 N–H and O–H groups in total. The lowest BCUT2D eigenvalue weighted by Crippen LogP contribution is -2.13. The number of anilines is 1. The Morgan fingerprint density at radius 3 is 2.84 bits per heavy atom. The summed E-state index contributed by atoms with van der Waals surface area (Å²) in [7, 11) is 0. The van der Waals surface area contributed by atoms with Gasteiger partial charge in [-0.2, -0.15) is 0 Å². The van der Waals surface area contributed by atoms with Crippen molar-refractivity contribution in [1.29, 1.82) is 0 Å². The predicted octanol–water partition coefficient (Wildman–Crippen LogP) is 3.33. The SMILES string of the molecule is CC1CC1C(=O)Nc1ncc(Cc2ccccc2)s1. The maximum Gasteiger partial charge on any atom is 0.229 e. The summed E-state index contributed by atoms with van der Waals surface area (Å²) in [6, 6.07) is 10.3. The molecule has 4 heteroatoms. The van der Waals surface area contributed by atoms with Crippen LogP contribution in [0, 0.1) is 11.8 Å². The number of hydrogen-bond acceptors (Lipinski definition) is 3. The van der Waals surface area contributed by atoms with Crippen molar-refractivity contribution < 1.29 is 4.79 Å². The van der Waals surface area contributed by atoms with Crippen LogP contribution in [-0.4, -0.2) is 10.9 Å². The second-order valence-corrected chi connectivity index (χ2v) is 6.22. The maximum atomic E-state index is 11.8. The average molecular weight is 272 g/mol. The van der Waals surface area contributed by atoms with Gasteiger partial charge in [0, 0.05) is 23.4 Å². The number of aromatic nitrogens is 1. The van der Waals surface area contributed by atoms with Gasteiger partial charge in [-0.3, -0.25) is 4.79 Å². The number of rotatable bonds is 4. The first-order chi connectivity index (χ1) is 9.22. The van der Waals surface area contributed by atoms with Crippen molar-refractivity contribution in [3.05, 3.63) is 47.0 Å². The predicted molar refractivity (Wildman–Crippen MR) is 77.3 cm³/mol. The Bertz CT molecular complexity index is 579. The van der Waals surface area contributed by atoms with E-state index in [1.165, 1.54) is 10.4 Å². The number of carbonyl (C=O) groups is 1. The zero-order valence-electron chi connectivity index (χ0n) is 10.8. The Labute approximate surface area is 116 Å². The van der Waals surface area contributed by atoms with Crippen LogP contribution in [0.1, 0.15) is 23.8 Å². The van der Waals surface area contributed by atoms with Crippen LogP contribution >= 0.6 is 11.3 Å². The van der Waals surface area contributed by atoms with Crippen molar-refractivity contribution in [3.63, 3.8) is 0 Å². The third kappa shape index (κ3) is 3.01. The van der Waals surface area contributed by atoms with Crippen LogP contribution < -0.4 is 5.32 Å². The molecule has 2 aromatic rings. The van der Waals surface area contributed by atoms with E-state index in [9.17, 15) is 4.79 Å². The lowest BCUT2D eigenvalue weighted by molar-refractivity contribution is -0.117. The first-order valence-electron chi connectivity index (χ1n) is 6.52. The van der Waals surface area contributed by atoms with Crippen LogP contribution in [0.3, 0.4) is 0 Å². The summed E-state index contributed by atoms with van der Waals surface area (Å²) in [6.07, 6.45) is 3.73. The van der Waals surface area contributed by atoms with Crippen molar-refractivity contribution in [2.75, 3.05) is 5.32 Å². The smallest absolute Gasteiger partial charge is 0.229 e. The van der Waals surface area contributed by atoms with E-state index >= 15 is 0 Å². The number of benzene rings is 1. The standard InChI is InChI=1S/C15H16N2OS/c1-10-7-13(10)14(18)17-15-16-9-12(19-15)8-11-5-3-2-4-6-11/h2-6,9-10,13H,7-8H2,1H3,(H,16,17,18). The summed E-state index contributed by atoms with van der Waals surface area (Å²) in [5.41, 5.74) is 1.26. The molecular weight excluding hydrogens is 256 g/mol. The molecule has 98 valence electrons. The maximum absolute atomic E-state index is 11.8. The molecule has 0 bridgehead atoms. The zero-order chi connectivity index (χ0) is 13.2. The van der Waals surface area contributed by atoms with Gasteiger partial charge in [0.2, 0.25) is 5.91 Å². The van der Waals surface area contributed by atoms with E-state index in [1.54, 1.807) is 11.3 Å². The lowest BCUT2D eigenvalue weighted by atomic mass is 10.1. The molecule has 2 unspecified atom stereocenters. The van der Waals surface area contributed by atoms with Crippen molar-refractivity contribution >= 4 is 22.4 Å². The second kappa shape index (κ2) is 5.13. The highest BCUT2D eigenvalue weighted by atomic mass is 32.1. The molecule has 1 aliphatic rings. The van der Waals surface area contributed by atoms with Gasteiger partial charge in [0.1, 0.15) is 0 Å². The zero-order valence-corrected chi connectivity index (χ0v) is 11.6. The number of thiazole rings is 1. The van der Waals surface area contributed by atoms with E-state index in [-0.39, 0.29) is 11.8 Å². The molecule has 3 rings (SSSR count). The number of nitrogens with zero attached hydrogens (tertiary/aromatic N) is 1. The molecule has 1 saturated carbocycles. The largest absolute Gasteiger partial charge is 0.302 e. The summed E-state index contributed by atoms with van der Waals surface area (Å²) >= 11 is 1.56. The van der Waals surface area contributed by atoms with Gasteiger partial charge in [-0.15, -0.1) is 11.3 Å². The molecule has 1 aromatic carbocycles. The van der Waals surface area contributed by atoms with Gasteiger partial charge >= 0.3 is 0 Å². The molecule has 1 aliphatic carbocycles. The van der Waals surface area contributed by atoms with E-state index in [1.807, 2.05) is 24.4 Å². The fourth-order valence-corrected chi connectivity index (χ4v) is 2.98. The molecule has 0 aliphatic heterocycles. The van der Waals surface area contributed by atoms with Gasteiger partial charge in [-0.25, -0.2) is 4.98 Å². The van der Waals surface area contributed by atoms with Crippen molar-refractivity contribution in [3.8, 4) is 0 Å².